The smallest absolute Gasteiger partial charge is 0.247 e. The van der Waals surface area contributed by atoms with Crippen molar-refractivity contribution in [1.82, 2.24) is 24.5 Å². The standard InChI is InChI=1S/C19H17ClN6O2S/c20-17-12-9-21-24-13(12)3-4-14(17)23-18(28)15-2-1-5-26(15)16(27)8-11-10-25-6-7-29-19(25)22-11/h3-4,6-7,9-10,15H,1-2,5,8H2,(H,21,24)(H,23,28). The first kappa shape index (κ1) is 18.1. The number of anilines is 1. The fourth-order valence-electron chi connectivity index (χ4n) is 3.75. The average molecular weight is 429 g/mol. The summed E-state index contributed by atoms with van der Waals surface area (Å²) < 4.78 is 1.90. The summed E-state index contributed by atoms with van der Waals surface area (Å²) in [6.07, 6.45) is 6.98. The Morgan fingerprint density at radius 1 is 1.38 bits per heavy atom. The highest BCUT2D eigenvalue weighted by Crippen LogP contribution is 2.30. The summed E-state index contributed by atoms with van der Waals surface area (Å²) >= 11 is 7.92. The summed E-state index contributed by atoms with van der Waals surface area (Å²) in [6, 6.07) is 3.04. The van der Waals surface area contributed by atoms with Gasteiger partial charge in [0.15, 0.2) is 4.96 Å². The van der Waals surface area contributed by atoms with Gasteiger partial charge in [-0.25, -0.2) is 4.98 Å². The second kappa shape index (κ2) is 7.16. The molecule has 0 saturated carbocycles. The predicted molar refractivity (Wildman–Crippen MR) is 111 cm³/mol. The summed E-state index contributed by atoms with van der Waals surface area (Å²) in [7, 11) is 0. The molecule has 2 N–H and O–H groups in total. The Morgan fingerprint density at radius 2 is 2.28 bits per heavy atom. The molecule has 0 bridgehead atoms. The zero-order valence-corrected chi connectivity index (χ0v) is 16.8. The van der Waals surface area contributed by atoms with E-state index in [1.54, 1.807) is 17.2 Å². The van der Waals surface area contributed by atoms with Gasteiger partial charge < -0.3 is 10.2 Å². The largest absolute Gasteiger partial charge is 0.330 e. The Kier molecular flexibility index (Phi) is 4.48. The molecule has 3 aromatic heterocycles. The number of amides is 2. The molecule has 1 aromatic carbocycles. The molecular weight excluding hydrogens is 412 g/mol. The van der Waals surface area contributed by atoms with E-state index in [4.69, 9.17) is 11.6 Å². The number of carbonyl (C=O) groups excluding carboxylic acids is 2. The van der Waals surface area contributed by atoms with Crippen molar-refractivity contribution in [2.75, 3.05) is 11.9 Å². The number of H-pyrrole nitrogens is 1. The van der Waals surface area contributed by atoms with Crippen LogP contribution in [0.15, 0.2) is 36.1 Å². The van der Waals surface area contributed by atoms with Crippen molar-refractivity contribution in [2.24, 2.45) is 0 Å². The van der Waals surface area contributed by atoms with Gasteiger partial charge >= 0.3 is 0 Å². The Labute approximate surface area is 174 Å². The lowest BCUT2D eigenvalue weighted by Crippen LogP contribution is -2.43. The number of aromatic amines is 1. The highest BCUT2D eigenvalue weighted by molar-refractivity contribution is 7.15. The third-order valence-electron chi connectivity index (χ3n) is 5.17. The first-order valence-electron chi connectivity index (χ1n) is 9.23. The van der Waals surface area contributed by atoms with E-state index < -0.39 is 6.04 Å². The van der Waals surface area contributed by atoms with E-state index in [0.29, 0.717) is 29.4 Å². The van der Waals surface area contributed by atoms with Gasteiger partial charge in [-0.2, -0.15) is 5.10 Å². The maximum absolute atomic E-state index is 12.9. The van der Waals surface area contributed by atoms with Gasteiger partial charge in [-0.3, -0.25) is 19.1 Å². The van der Waals surface area contributed by atoms with Crippen molar-refractivity contribution in [3.05, 3.63) is 46.8 Å². The maximum Gasteiger partial charge on any atom is 0.247 e. The fourth-order valence-corrected chi connectivity index (χ4v) is 4.73. The average Bonchev–Trinajstić information content (AvgIpc) is 3.47. The van der Waals surface area contributed by atoms with Gasteiger partial charge in [-0.15, -0.1) is 11.3 Å². The zero-order valence-electron chi connectivity index (χ0n) is 15.3. The molecular formula is C19H17ClN6O2S. The number of thiazole rings is 1. The van der Waals surface area contributed by atoms with E-state index in [9.17, 15) is 9.59 Å². The Hall–Kier alpha value is -2.91. The van der Waals surface area contributed by atoms with Gasteiger partial charge in [0.1, 0.15) is 6.04 Å². The third-order valence-corrected chi connectivity index (χ3v) is 6.35. The van der Waals surface area contributed by atoms with Gasteiger partial charge in [0, 0.05) is 29.7 Å². The lowest BCUT2D eigenvalue weighted by Gasteiger charge is -2.24. The molecule has 0 aliphatic carbocycles. The van der Waals surface area contributed by atoms with Crippen molar-refractivity contribution in [3.63, 3.8) is 0 Å². The number of halogens is 1. The minimum atomic E-state index is -0.512. The number of hydrogen-bond acceptors (Lipinski definition) is 5. The quantitative estimate of drug-likeness (QED) is 0.522. The van der Waals surface area contributed by atoms with Gasteiger partial charge in [0.2, 0.25) is 11.8 Å². The predicted octanol–water partition coefficient (Wildman–Crippen LogP) is 3.10. The first-order chi connectivity index (χ1) is 14.1. The minimum absolute atomic E-state index is 0.0928. The number of benzene rings is 1. The summed E-state index contributed by atoms with van der Waals surface area (Å²) in [5.41, 5.74) is 2.02. The summed E-state index contributed by atoms with van der Waals surface area (Å²) in [6.45, 7) is 0.563. The molecule has 8 nitrogen and oxygen atoms in total. The summed E-state index contributed by atoms with van der Waals surface area (Å²) in [4.78, 5) is 32.7. The summed E-state index contributed by atoms with van der Waals surface area (Å²) in [5, 5.41) is 12.8. The number of fused-ring (bicyclic) bond motifs is 2. The lowest BCUT2D eigenvalue weighted by atomic mass is 10.1. The van der Waals surface area contributed by atoms with E-state index in [-0.39, 0.29) is 18.2 Å². The Bertz CT molecular complexity index is 1200. The number of likely N-dealkylation sites (tertiary alicyclic amines) is 1. The number of hydrogen-bond donors (Lipinski definition) is 2. The zero-order chi connectivity index (χ0) is 20.0. The van der Waals surface area contributed by atoms with Crippen LogP contribution in [0.1, 0.15) is 18.5 Å². The van der Waals surface area contributed by atoms with Crippen molar-refractivity contribution in [1.29, 1.82) is 0 Å². The van der Waals surface area contributed by atoms with Crippen LogP contribution in [-0.2, 0) is 16.0 Å². The lowest BCUT2D eigenvalue weighted by molar-refractivity contribution is -0.136. The molecule has 0 radical (unpaired) electrons. The number of rotatable bonds is 4. The SMILES string of the molecule is O=C(Nc1ccc2[nH]ncc2c1Cl)C1CCCN1C(=O)Cc1cn2ccsc2n1. The van der Waals surface area contributed by atoms with Gasteiger partial charge in [-0.1, -0.05) is 11.6 Å². The molecule has 148 valence electrons. The molecule has 10 heteroatoms. The van der Waals surface area contributed by atoms with E-state index in [0.717, 1.165) is 22.3 Å². The number of carbonyl (C=O) groups is 2. The maximum atomic E-state index is 12.9. The second-order valence-corrected chi connectivity index (χ2v) is 8.25. The third kappa shape index (κ3) is 3.26. The monoisotopic (exact) mass is 428 g/mol. The molecule has 1 fully saturated rings. The molecule has 1 aliphatic heterocycles. The Balaban J connectivity index is 1.31. The van der Waals surface area contributed by atoms with Crippen LogP contribution in [0, 0.1) is 0 Å². The Morgan fingerprint density at radius 3 is 3.14 bits per heavy atom. The summed E-state index contributed by atoms with van der Waals surface area (Å²) in [5.74, 6) is -0.323. The van der Waals surface area contributed by atoms with Gasteiger partial charge in [0.25, 0.3) is 0 Å². The van der Waals surface area contributed by atoms with Crippen molar-refractivity contribution >= 4 is 56.3 Å². The molecule has 1 atom stereocenters. The van der Waals surface area contributed by atoms with Crippen molar-refractivity contribution in [3.8, 4) is 0 Å². The molecule has 4 heterocycles. The van der Waals surface area contributed by atoms with Crippen LogP contribution in [-0.4, -0.2) is 48.9 Å². The number of imidazole rings is 1. The highest BCUT2D eigenvalue weighted by Gasteiger charge is 2.34. The van der Waals surface area contributed by atoms with Gasteiger partial charge in [-0.05, 0) is 25.0 Å². The highest BCUT2D eigenvalue weighted by atomic mass is 35.5. The van der Waals surface area contributed by atoms with Crippen LogP contribution in [0.3, 0.4) is 0 Å². The molecule has 0 spiro atoms. The van der Waals surface area contributed by atoms with Crippen LogP contribution in [0.2, 0.25) is 5.02 Å². The molecule has 2 amide bonds. The van der Waals surface area contributed by atoms with Crippen LogP contribution in [0.5, 0.6) is 0 Å². The number of aromatic nitrogens is 4. The van der Waals surface area contributed by atoms with Crippen LogP contribution < -0.4 is 5.32 Å². The van der Waals surface area contributed by atoms with Crippen LogP contribution in [0.4, 0.5) is 5.69 Å². The van der Waals surface area contributed by atoms with E-state index >= 15 is 0 Å². The molecule has 29 heavy (non-hydrogen) atoms. The van der Waals surface area contributed by atoms with Crippen molar-refractivity contribution < 1.29 is 9.59 Å². The number of nitrogens with one attached hydrogen (secondary N) is 2. The minimum Gasteiger partial charge on any atom is -0.330 e. The molecule has 1 aliphatic rings. The van der Waals surface area contributed by atoms with Crippen LogP contribution >= 0.6 is 22.9 Å². The number of nitrogens with zero attached hydrogens (tertiary/aromatic N) is 4. The van der Waals surface area contributed by atoms with E-state index in [1.807, 2.05) is 28.2 Å². The van der Waals surface area contributed by atoms with E-state index in [2.05, 4.69) is 20.5 Å². The molecule has 5 rings (SSSR count). The molecule has 1 saturated heterocycles. The van der Waals surface area contributed by atoms with E-state index in [1.165, 1.54) is 11.3 Å². The van der Waals surface area contributed by atoms with Crippen LogP contribution in [0.25, 0.3) is 15.9 Å². The van der Waals surface area contributed by atoms with Crippen molar-refractivity contribution in [2.45, 2.75) is 25.3 Å². The normalized spacial score (nSPS) is 16.7. The topological polar surface area (TPSA) is 95.4 Å². The first-order valence-corrected chi connectivity index (χ1v) is 10.5. The van der Waals surface area contributed by atoms with Gasteiger partial charge in [0.05, 0.1) is 34.5 Å². The molecule has 4 aromatic rings. The molecule has 1 unspecified atom stereocenters. The fraction of sp³-hybridized carbons (Fsp3) is 0.263. The second-order valence-electron chi connectivity index (χ2n) is 6.99.